The van der Waals surface area contributed by atoms with E-state index in [1.54, 1.807) is 12.1 Å². The Hall–Kier alpha value is -2.93. The molecule has 0 aliphatic carbocycles. The first-order valence-corrected chi connectivity index (χ1v) is 11.3. The van der Waals surface area contributed by atoms with Crippen molar-refractivity contribution in [2.45, 2.75) is 24.7 Å². The smallest absolute Gasteiger partial charge is 0.230 e. The molecular formula is C25H30FN3O3. The average Bonchev–Trinajstić information content (AvgIpc) is 2.85. The van der Waals surface area contributed by atoms with Crippen LogP contribution in [0.5, 0.6) is 0 Å². The highest BCUT2D eigenvalue weighted by Crippen LogP contribution is 2.35. The lowest BCUT2D eigenvalue weighted by atomic mass is 9.73. The number of nitrogens with one attached hydrogen (secondary N) is 1. The second-order valence-corrected chi connectivity index (χ2v) is 8.41. The summed E-state index contributed by atoms with van der Waals surface area (Å²) in [6.07, 6.45) is 1.35. The molecule has 0 saturated carbocycles. The lowest BCUT2D eigenvalue weighted by molar-refractivity contribution is -0.132. The number of amides is 2. The van der Waals surface area contributed by atoms with Gasteiger partial charge < -0.3 is 19.9 Å². The molecule has 0 radical (unpaired) electrons. The number of hydrogen-bond donors (Lipinski definition) is 1. The van der Waals surface area contributed by atoms with Crippen LogP contribution >= 0.6 is 0 Å². The third-order valence-electron chi connectivity index (χ3n) is 6.56. The Morgan fingerprint density at radius 2 is 1.59 bits per heavy atom. The van der Waals surface area contributed by atoms with Gasteiger partial charge in [0.1, 0.15) is 5.82 Å². The molecule has 0 atom stereocenters. The normalized spacial score (nSPS) is 18.3. The lowest BCUT2D eigenvalue weighted by Crippen LogP contribution is -2.50. The number of carbonyl (C=O) groups excluding carboxylic acids is 2. The summed E-state index contributed by atoms with van der Waals surface area (Å²) in [5.41, 5.74) is 1.23. The standard InChI is InChI=1S/C25H30FN3O3/c26-21-8-6-20(7-9-21)25(11-18-32-19-12-25)24(31)27-13-10-23(30)29-16-14-28(15-17-29)22-4-2-1-3-5-22/h1-9H,10-19H2,(H,27,31). The highest BCUT2D eigenvalue weighted by molar-refractivity contribution is 5.89. The molecule has 32 heavy (non-hydrogen) atoms. The van der Waals surface area contributed by atoms with Crippen molar-refractivity contribution in [3.8, 4) is 0 Å². The molecule has 2 aromatic rings. The van der Waals surface area contributed by atoms with Crippen molar-refractivity contribution in [2.75, 3.05) is 50.8 Å². The van der Waals surface area contributed by atoms with E-state index in [9.17, 15) is 14.0 Å². The van der Waals surface area contributed by atoms with Crippen molar-refractivity contribution in [2.24, 2.45) is 0 Å². The Morgan fingerprint density at radius 1 is 0.938 bits per heavy atom. The number of benzene rings is 2. The fourth-order valence-corrected chi connectivity index (χ4v) is 4.60. The Bertz CT molecular complexity index is 906. The van der Waals surface area contributed by atoms with E-state index >= 15 is 0 Å². The van der Waals surface area contributed by atoms with Crippen LogP contribution in [0, 0.1) is 5.82 Å². The monoisotopic (exact) mass is 439 g/mol. The fourth-order valence-electron chi connectivity index (χ4n) is 4.60. The number of nitrogens with zero attached hydrogens (tertiary/aromatic N) is 2. The number of rotatable bonds is 6. The van der Waals surface area contributed by atoms with E-state index in [4.69, 9.17) is 4.74 Å². The molecule has 2 fully saturated rings. The molecule has 2 aliphatic heterocycles. The summed E-state index contributed by atoms with van der Waals surface area (Å²) in [5.74, 6) is -0.385. The van der Waals surface area contributed by atoms with Crippen molar-refractivity contribution in [3.63, 3.8) is 0 Å². The highest BCUT2D eigenvalue weighted by atomic mass is 19.1. The van der Waals surface area contributed by atoms with E-state index in [2.05, 4.69) is 22.3 Å². The second-order valence-electron chi connectivity index (χ2n) is 8.41. The minimum absolute atomic E-state index is 0.0563. The number of carbonyl (C=O) groups is 2. The van der Waals surface area contributed by atoms with Gasteiger partial charge in [0.15, 0.2) is 0 Å². The number of halogens is 1. The van der Waals surface area contributed by atoms with Crippen molar-refractivity contribution in [1.29, 1.82) is 0 Å². The lowest BCUT2D eigenvalue weighted by Gasteiger charge is -2.37. The van der Waals surface area contributed by atoms with E-state index in [1.165, 1.54) is 17.8 Å². The Morgan fingerprint density at radius 3 is 2.25 bits per heavy atom. The number of para-hydroxylation sites is 1. The predicted molar refractivity (Wildman–Crippen MR) is 121 cm³/mol. The summed E-state index contributed by atoms with van der Waals surface area (Å²) >= 11 is 0. The highest BCUT2D eigenvalue weighted by Gasteiger charge is 2.41. The van der Waals surface area contributed by atoms with Gasteiger partial charge in [-0.2, -0.15) is 0 Å². The maximum Gasteiger partial charge on any atom is 0.230 e. The van der Waals surface area contributed by atoms with Crippen LogP contribution in [0.25, 0.3) is 0 Å². The van der Waals surface area contributed by atoms with Gasteiger partial charge >= 0.3 is 0 Å². The molecule has 0 aromatic heterocycles. The van der Waals surface area contributed by atoms with Gasteiger partial charge in [0.2, 0.25) is 11.8 Å². The van der Waals surface area contributed by atoms with Crippen molar-refractivity contribution >= 4 is 17.5 Å². The zero-order chi connectivity index (χ0) is 22.4. The molecule has 2 amide bonds. The molecule has 4 rings (SSSR count). The van der Waals surface area contributed by atoms with Crippen LogP contribution < -0.4 is 10.2 Å². The molecule has 2 heterocycles. The third-order valence-corrected chi connectivity index (χ3v) is 6.56. The number of hydrogen-bond acceptors (Lipinski definition) is 4. The molecule has 7 heteroatoms. The summed E-state index contributed by atoms with van der Waals surface area (Å²) < 4.78 is 18.9. The number of piperazine rings is 1. The molecule has 2 saturated heterocycles. The summed E-state index contributed by atoms with van der Waals surface area (Å²) in [5, 5.41) is 2.96. The molecule has 6 nitrogen and oxygen atoms in total. The Kier molecular flexibility index (Phi) is 7.05. The maximum absolute atomic E-state index is 13.4. The SMILES string of the molecule is O=C(CCNC(=O)C1(c2ccc(F)cc2)CCOCC1)N1CCN(c2ccccc2)CC1. The quantitative estimate of drug-likeness (QED) is 0.752. The van der Waals surface area contributed by atoms with Crippen LogP contribution in [0.1, 0.15) is 24.8 Å². The van der Waals surface area contributed by atoms with Gasteiger partial charge in [-0.25, -0.2) is 4.39 Å². The third kappa shape index (κ3) is 4.93. The number of anilines is 1. The summed E-state index contributed by atoms with van der Waals surface area (Å²) in [7, 11) is 0. The van der Waals surface area contributed by atoms with Crippen molar-refractivity contribution in [1.82, 2.24) is 10.2 Å². The van der Waals surface area contributed by atoms with Gasteiger partial charge in [0.05, 0.1) is 5.41 Å². The van der Waals surface area contributed by atoms with Crippen LogP contribution in [0.4, 0.5) is 10.1 Å². The molecule has 0 unspecified atom stereocenters. The molecule has 2 aromatic carbocycles. The molecule has 170 valence electrons. The van der Waals surface area contributed by atoms with Crippen LogP contribution in [0.2, 0.25) is 0 Å². The maximum atomic E-state index is 13.4. The summed E-state index contributed by atoms with van der Waals surface area (Å²) in [6.45, 7) is 4.22. The van der Waals surface area contributed by atoms with Gasteiger partial charge in [-0.1, -0.05) is 30.3 Å². The van der Waals surface area contributed by atoms with Crippen LogP contribution in [0.3, 0.4) is 0 Å². The zero-order valence-corrected chi connectivity index (χ0v) is 18.3. The Labute approximate surface area is 188 Å². The molecule has 2 aliphatic rings. The molecule has 1 N–H and O–H groups in total. The van der Waals surface area contributed by atoms with Crippen molar-refractivity contribution in [3.05, 3.63) is 66.0 Å². The minimum Gasteiger partial charge on any atom is -0.381 e. The molecular weight excluding hydrogens is 409 g/mol. The van der Waals surface area contributed by atoms with Gasteiger partial charge in [-0.3, -0.25) is 9.59 Å². The zero-order valence-electron chi connectivity index (χ0n) is 18.3. The topological polar surface area (TPSA) is 61.9 Å². The largest absolute Gasteiger partial charge is 0.381 e. The first-order valence-electron chi connectivity index (χ1n) is 11.3. The average molecular weight is 440 g/mol. The second kappa shape index (κ2) is 10.1. The van der Waals surface area contributed by atoms with Crippen molar-refractivity contribution < 1.29 is 18.7 Å². The van der Waals surface area contributed by atoms with E-state index < -0.39 is 5.41 Å². The van der Waals surface area contributed by atoms with E-state index in [0.717, 1.165) is 18.7 Å². The molecule has 0 spiro atoms. The van der Waals surface area contributed by atoms with Crippen LogP contribution in [-0.2, 0) is 19.7 Å². The minimum atomic E-state index is -0.740. The number of ether oxygens (including phenoxy) is 1. The Balaban J connectivity index is 1.29. The summed E-state index contributed by atoms with van der Waals surface area (Å²) in [6, 6.07) is 16.3. The van der Waals surface area contributed by atoms with Gasteiger partial charge in [-0.15, -0.1) is 0 Å². The first kappa shape index (κ1) is 22.3. The van der Waals surface area contributed by atoms with Gasteiger partial charge in [-0.05, 0) is 42.7 Å². The molecule has 0 bridgehead atoms. The predicted octanol–water partition coefficient (Wildman–Crippen LogP) is 2.73. The van der Waals surface area contributed by atoms with E-state index in [0.29, 0.717) is 45.7 Å². The summed E-state index contributed by atoms with van der Waals surface area (Å²) in [4.78, 5) is 30.0. The first-order chi connectivity index (χ1) is 15.6. The van der Waals surface area contributed by atoms with E-state index in [1.807, 2.05) is 23.1 Å². The van der Waals surface area contributed by atoms with Crippen LogP contribution in [0.15, 0.2) is 54.6 Å². The van der Waals surface area contributed by atoms with Gasteiger partial charge in [0.25, 0.3) is 0 Å². The fraction of sp³-hybridized carbons (Fsp3) is 0.440. The van der Waals surface area contributed by atoms with Crippen LogP contribution in [-0.4, -0.2) is 62.7 Å². The van der Waals surface area contributed by atoms with Gasteiger partial charge in [0, 0.05) is 58.0 Å². The van der Waals surface area contributed by atoms with E-state index in [-0.39, 0.29) is 24.1 Å².